The van der Waals surface area contributed by atoms with Crippen LogP contribution >= 0.6 is 22.6 Å². The second kappa shape index (κ2) is 4.16. The van der Waals surface area contributed by atoms with Crippen LogP contribution in [0, 0.1) is 15.9 Å². The molecular weight excluding hydrogens is 319 g/mol. The lowest BCUT2D eigenvalue weighted by Gasteiger charge is -2.03. The number of rotatable bonds is 2. The Kier molecular flexibility index (Phi) is 2.86. The Balaban J connectivity index is 2.53. The molecule has 0 saturated heterocycles. The van der Waals surface area contributed by atoms with Gasteiger partial charge >= 0.3 is 0 Å². The van der Waals surface area contributed by atoms with Crippen LogP contribution in [0.4, 0.5) is 0 Å². The number of aryl methyl sites for hydroxylation is 1. The number of nitrogens with one attached hydrogen (secondary N) is 1. The number of hydrogen-bond acceptors (Lipinski definition) is 4. The molecule has 0 aromatic carbocycles. The lowest BCUT2D eigenvalue weighted by molar-refractivity contribution is 0.798. The van der Waals surface area contributed by atoms with Crippen LogP contribution in [0.1, 0.15) is 11.4 Å². The summed E-state index contributed by atoms with van der Waals surface area (Å²) in [6.45, 7) is 1.83. The zero-order chi connectivity index (χ0) is 11.7. The Morgan fingerprint density at radius 3 is 2.81 bits per heavy atom. The molecule has 82 valence electrons. The maximum absolute atomic E-state index is 7.35. The van der Waals surface area contributed by atoms with E-state index in [2.05, 4.69) is 37.7 Å². The molecule has 2 aromatic rings. The van der Waals surface area contributed by atoms with Crippen molar-refractivity contribution in [2.24, 2.45) is 5.73 Å². The minimum atomic E-state index is -0.0754. The molecule has 2 aromatic heterocycles. The zero-order valence-corrected chi connectivity index (χ0v) is 10.6. The second-order valence-electron chi connectivity index (χ2n) is 3.21. The topological polar surface area (TPSA) is 93.5 Å². The van der Waals surface area contributed by atoms with Crippen molar-refractivity contribution in [1.29, 1.82) is 5.41 Å². The van der Waals surface area contributed by atoms with Crippen molar-refractivity contribution in [3.8, 4) is 5.95 Å². The number of hydrogen-bond donors (Lipinski definition) is 2. The number of nitrogen functional groups attached to an aromatic ring is 1. The number of nitrogens with two attached hydrogens (primary N) is 1. The number of halogens is 1. The van der Waals surface area contributed by atoms with Crippen LogP contribution in [-0.2, 0) is 0 Å². The van der Waals surface area contributed by atoms with E-state index in [0.717, 1.165) is 9.26 Å². The molecule has 0 unspecified atom stereocenters. The van der Waals surface area contributed by atoms with Gasteiger partial charge in [0, 0.05) is 11.9 Å². The molecule has 0 saturated carbocycles. The monoisotopic (exact) mass is 328 g/mol. The summed E-state index contributed by atoms with van der Waals surface area (Å²) in [5.74, 6) is 0.349. The molecule has 0 fully saturated rings. The third kappa shape index (κ3) is 2.18. The summed E-state index contributed by atoms with van der Waals surface area (Å²) in [6.07, 6.45) is 3.51. The van der Waals surface area contributed by atoms with E-state index in [1.54, 1.807) is 23.1 Å². The Bertz CT molecular complexity index is 547. The number of amidine groups is 1. The minimum absolute atomic E-state index is 0.0754. The Labute approximate surface area is 106 Å². The van der Waals surface area contributed by atoms with Crippen molar-refractivity contribution >= 4 is 28.4 Å². The quantitative estimate of drug-likeness (QED) is 0.486. The maximum Gasteiger partial charge on any atom is 0.251 e. The molecule has 0 bridgehead atoms. The largest absolute Gasteiger partial charge is 0.382 e. The molecule has 0 atom stereocenters. The summed E-state index contributed by atoms with van der Waals surface area (Å²) >= 11 is 2.15. The molecule has 16 heavy (non-hydrogen) atoms. The fourth-order valence-electron chi connectivity index (χ4n) is 1.20. The fourth-order valence-corrected chi connectivity index (χ4v) is 1.59. The van der Waals surface area contributed by atoms with Crippen molar-refractivity contribution in [3.63, 3.8) is 0 Å². The molecule has 7 heteroatoms. The molecule has 0 aliphatic carbocycles. The standard InChI is InChI=1S/C9H9IN6/c1-5-2-7(8(11)12)15-9(14-5)16-4-6(10)3-13-16/h2-4H,1H3,(H3,11,12). The van der Waals surface area contributed by atoms with Gasteiger partial charge in [-0.1, -0.05) is 0 Å². The van der Waals surface area contributed by atoms with Gasteiger partial charge in [-0.05, 0) is 35.6 Å². The van der Waals surface area contributed by atoms with E-state index in [1.165, 1.54) is 0 Å². The molecule has 2 heterocycles. The van der Waals surface area contributed by atoms with Gasteiger partial charge in [0.1, 0.15) is 11.5 Å². The van der Waals surface area contributed by atoms with Crippen LogP contribution in [-0.4, -0.2) is 25.6 Å². The van der Waals surface area contributed by atoms with Gasteiger partial charge in [0.15, 0.2) is 0 Å². The predicted octanol–water partition coefficient (Wildman–Crippen LogP) is 0.859. The van der Waals surface area contributed by atoms with E-state index in [1.807, 2.05) is 6.92 Å². The van der Waals surface area contributed by atoms with E-state index in [0.29, 0.717) is 11.6 Å². The highest BCUT2D eigenvalue weighted by atomic mass is 127. The lowest BCUT2D eigenvalue weighted by atomic mass is 10.3. The highest BCUT2D eigenvalue weighted by Gasteiger charge is 2.07. The maximum atomic E-state index is 7.35. The van der Waals surface area contributed by atoms with E-state index >= 15 is 0 Å². The number of aromatic nitrogens is 4. The van der Waals surface area contributed by atoms with Crippen LogP contribution in [0.3, 0.4) is 0 Å². The van der Waals surface area contributed by atoms with E-state index in [9.17, 15) is 0 Å². The van der Waals surface area contributed by atoms with Crippen LogP contribution in [0.15, 0.2) is 18.5 Å². The summed E-state index contributed by atoms with van der Waals surface area (Å²) < 4.78 is 2.55. The van der Waals surface area contributed by atoms with Gasteiger partial charge in [-0.3, -0.25) is 5.41 Å². The van der Waals surface area contributed by atoms with Gasteiger partial charge in [-0.15, -0.1) is 0 Å². The fraction of sp³-hybridized carbons (Fsp3) is 0.111. The summed E-state index contributed by atoms with van der Waals surface area (Å²) in [6, 6.07) is 1.67. The molecule has 3 N–H and O–H groups in total. The smallest absolute Gasteiger partial charge is 0.251 e. The van der Waals surface area contributed by atoms with Crippen molar-refractivity contribution in [2.75, 3.05) is 0 Å². The summed E-state index contributed by atoms with van der Waals surface area (Å²) in [4.78, 5) is 8.39. The van der Waals surface area contributed by atoms with Crippen LogP contribution in [0.2, 0.25) is 0 Å². The van der Waals surface area contributed by atoms with Gasteiger partial charge in [0.05, 0.1) is 9.77 Å². The SMILES string of the molecule is Cc1cc(C(=N)N)nc(-n2cc(I)cn2)n1. The van der Waals surface area contributed by atoms with Gasteiger partial charge in [-0.25, -0.2) is 14.6 Å². The van der Waals surface area contributed by atoms with E-state index < -0.39 is 0 Å². The Morgan fingerprint density at radius 2 is 2.25 bits per heavy atom. The minimum Gasteiger partial charge on any atom is -0.382 e. The van der Waals surface area contributed by atoms with Crippen molar-refractivity contribution in [1.82, 2.24) is 19.7 Å². The first kappa shape index (κ1) is 11.0. The van der Waals surface area contributed by atoms with Gasteiger partial charge < -0.3 is 5.73 Å². The highest BCUT2D eigenvalue weighted by molar-refractivity contribution is 14.1. The lowest BCUT2D eigenvalue weighted by Crippen LogP contribution is -2.16. The van der Waals surface area contributed by atoms with Crippen LogP contribution < -0.4 is 5.73 Å². The Hall–Kier alpha value is -1.51. The third-order valence-corrected chi connectivity index (χ3v) is 2.43. The zero-order valence-electron chi connectivity index (χ0n) is 8.48. The normalized spacial score (nSPS) is 10.4. The first-order chi connectivity index (χ1) is 7.56. The molecule has 0 radical (unpaired) electrons. The average Bonchev–Trinajstić information content (AvgIpc) is 2.64. The highest BCUT2D eigenvalue weighted by Crippen LogP contribution is 2.07. The molecule has 0 spiro atoms. The van der Waals surface area contributed by atoms with E-state index in [4.69, 9.17) is 11.1 Å². The molecule has 0 amide bonds. The van der Waals surface area contributed by atoms with Gasteiger partial charge in [0.25, 0.3) is 5.95 Å². The molecule has 0 aliphatic rings. The third-order valence-electron chi connectivity index (χ3n) is 1.87. The van der Waals surface area contributed by atoms with Crippen LogP contribution in [0.5, 0.6) is 0 Å². The molecule has 0 aliphatic heterocycles. The van der Waals surface area contributed by atoms with Gasteiger partial charge in [-0.2, -0.15) is 5.10 Å². The Morgan fingerprint density at radius 1 is 1.50 bits per heavy atom. The van der Waals surface area contributed by atoms with Crippen molar-refractivity contribution < 1.29 is 0 Å². The average molecular weight is 328 g/mol. The van der Waals surface area contributed by atoms with Crippen LogP contribution in [0.25, 0.3) is 5.95 Å². The second-order valence-corrected chi connectivity index (χ2v) is 4.46. The number of nitrogens with zero attached hydrogens (tertiary/aromatic N) is 4. The molecule has 6 nitrogen and oxygen atoms in total. The molecule has 2 rings (SSSR count). The predicted molar refractivity (Wildman–Crippen MR) is 67.6 cm³/mol. The first-order valence-corrected chi connectivity index (χ1v) is 5.55. The van der Waals surface area contributed by atoms with Crippen molar-refractivity contribution in [2.45, 2.75) is 6.92 Å². The summed E-state index contributed by atoms with van der Waals surface area (Å²) in [7, 11) is 0. The molecular formula is C9H9IN6. The summed E-state index contributed by atoms with van der Waals surface area (Å²) in [5, 5.41) is 11.5. The van der Waals surface area contributed by atoms with Crippen molar-refractivity contribution in [3.05, 3.63) is 33.4 Å². The van der Waals surface area contributed by atoms with Gasteiger partial charge in [0.2, 0.25) is 0 Å². The first-order valence-electron chi connectivity index (χ1n) is 4.47. The summed E-state index contributed by atoms with van der Waals surface area (Å²) in [5.41, 5.74) is 6.56. The van der Waals surface area contributed by atoms with E-state index in [-0.39, 0.29) is 5.84 Å².